The zero-order valence-corrected chi connectivity index (χ0v) is 11.6. The first kappa shape index (κ1) is 13.7. The summed E-state index contributed by atoms with van der Waals surface area (Å²) >= 11 is 5.87. The van der Waals surface area contributed by atoms with E-state index in [4.69, 9.17) is 11.6 Å². The molecule has 0 amide bonds. The van der Waals surface area contributed by atoms with Gasteiger partial charge in [-0.25, -0.2) is 8.78 Å². The average Bonchev–Trinajstić information content (AvgIpc) is 2.92. The van der Waals surface area contributed by atoms with Crippen LogP contribution in [0.15, 0.2) is 48.5 Å². The van der Waals surface area contributed by atoms with Crippen LogP contribution in [0.2, 0.25) is 0 Å². The van der Waals surface area contributed by atoms with Gasteiger partial charge in [-0.2, -0.15) is 0 Å². The topological polar surface area (TPSA) is 30.7 Å². The molecule has 0 unspecified atom stereocenters. The number of para-hydroxylation sites is 1. The molecule has 0 saturated heterocycles. The minimum absolute atomic E-state index is 0.130. The Morgan fingerprint density at radius 2 is 1.76 bits per heavy atom. The van der Waals surface area contributed by atoms with E-state index in [0.717, 1.165) is 11.8 Å². The molecule has 21 heavy (non-hydrogen) atoms. The van der Waals surface area contributed by atoms with Crippen molar-refractivity contribution in [2.75, 3.05) is 0 Å². The van der Waals surface area contributed by atoms with Gasteiger partial charge >= 0.3 is 0 Å². The van der Waals surface area contributed by atoms with E-state index in [2.05, 4.69) is 10.2 Å². The smallest absolute Gasteiger partial charge is 0.171 e. The number of nitrogens with zero attached hydrogens (tertiary/aromatic N) is 3. The van der Waals surface area contributed by atoms with Crippen molar-refractivity contribution in [3.05, 3.63) is 66.0 Å². The maximum atomic E-state index is 14.0. The molecule has 0 aliphatic rings. The lowest BCUT2D eigenvalue weighted by Gasteiger charge is -2.09. The molecule has 0 fully saturated rings. The number of aromatic nitrogens is 3. The maximum Gasteiger partial charge on any atom is 0.171 e. The summed E-state index contributed by atoms with van der Waals surface area (Å²) in [5.74, 6) is -0.429. The van der Waals surface area contributed by atoms with E-state index in [-0.39, 0.29) is 17.3 Å². The SMILES string of the molecule is Fc1ccc(-c2nnc(CCl)n2-c2ccccc2)c(F)c1. The van der Waals surface area contributed by atoms with Crippen molar-refractivity contribution < 1.29 is 8.78 Å². The summed E-state index contributed by atoms with van der Waals surface area (Å²) < 4.78 is 28.7. The first-order valence-electron chi connectivity index (χ1n) is 6.22. The van der Waals surface area contributed by atoms with Crippen molar-refractivity contribution in [3.8, 4) is 17.1 Å². The van der Waals surface area contributed by atoms with Crippen LogP contribution < -0.4 is 0 Å². The lowest BCUT2D eigenvalue weighted by atomic mass is 10.2. The predicted octanol–water partition coefficient (Wildman–Crippen LogP) is 3.95. The van der Waals surface area contributed by atoms with Crippen molar-refractivity contribution in [1.29, 1.82) is 0 Å². The Labute approximate surface area is 124 Å². The Balaban J connectivity index is 2.22. The summed E-state index contributed by atoms with van der Waals surface area (Å²) in [5.41, 5.74) is 0.931. The van der Waals surface area contributed by atoms with Crippen molar-refractivity contribution in [1.82, 2.24) is 14.8 Å². The van der Waals surface area contributed by atoms with E-state index in [1.54, 1.807) is 4.57 Å². The highest BCUT2D eigenvalue weighted by molar-refractivity contribution is 6.16. The Morgan fingerprint density at radius 1 is 1.00 bits per heavy atom. The quantitative estimate of drug-likeness (QED) is 0.686. The van der Waals surface area contributed by atoms with Crippen LogP contribution in [-0.4, -0.2) is 14.8 Å². The molecule has 1 heterocycles. The maximum absolute atomic E-state index is 14.0. The van der Waals surface area contributed by atoms with E-state index in [1.807, 2.05) is 30.3 Å². The van der Waals surface area contributed by atoms with Gasteiger partial charge in [-0.1, -0.05) is 18.2 Å². The molecular formula is C15H10ClF2N3. The summed E-state index contributed by atoms with van der Waals surface area (Å²) in [6.45, 7) is 0. The molecule has 3 nitrogen and oxygen atoms in total. The third-order valence-electron chi connectivity index (χ3n) is 3.04. The number of benzene rings is 2. The molecule has 3 aromatic rings. The largest absolute Gasteiger partial charge is 0.278 e. The first-order valence-corrected chi connectivity index (χ1v) is 6.75. The molecule has 0 spiro atoms. The minimum Gasteiger partial charge on any atom is -0.278 e. The van der Waals surface area contributed by atoms with Crippen molar-refractivity contribution in [3.63, 3.8) is 0 Å². The molecule has 1 aromatic heterocycles. The summed E-state index contributed by atoms with van der Waals surface area (Å²) in [6, 6.07) is 12.6. The molecule has 3 rings (SSSR count). The second-order valence-corrected chi connectivity index (χ2v) is 4.64. The van der Waals surface area contributed by atoms with Gasteiger partial charge in [0.1, 0.15) is 11.6 Å². The third kappa shape index (κ3) is 2.52. The Kier molecular flexibility index (Phi) is 3.66. The zero-order valence-electron chi connectivity index (χ0n) is 10.8. The van der Waals surface area contributed by atoms with Gasteiger partial charge in [-0.15, -0.1) is 21.8 Å². The second-order valence-electron chi connectivity index (χ2n) is 4.37. The molecule has 0 saturated carbocycles. The van der Waals surface area contributed by atoms with E-state index in [1.165, 1.54) is 12.1 Å². The summed E-state index contributed by atoms with van der Waals surface area (Å²) in [6.07, 6.45) is 0. The number of halogens is 3. The van der Waals surface area contributed by atoms with Gasteiger partial charge in [0.15, 0.2) is 11.6 Å². The highest BCUT2D eigenvalue weighted by atomic mass is 35.5. The van der Waals surface area contributed by atoms with Crippen LogP contribution in [0.3, 0.4) is 0 Å². The Bertz CT molecular complexity index is 772. The monoisotopic (exact) mass is 305 g/mol. The molecule has 2 aromatic carbocycles. The van der Waals surface area contributed by atoms with Gasteiger partial charge in [0.25, 0.3) is 0 Å². The first-order chi connectivity index (χ1) is 10.2. The van der Waals surface area contributed by atoms with Crippen LogP contribution in [0.1, 0.15) is 5.82 Å². The van der Waals surface area contributed by atoms with Gasteiger partial charge in [0.05, 0.1) is 11.4 Å². The predicted molar refractivity (Wildman–Crippen MR) is 76.3 cm³/mol. The zero-order chi connectivity index (χ0) is 14.8. The molecule has 6 heteroatoms. The highest BCUT2D eigenvalue weighted by Gasteiger charge is 2.18. The van der Waals surface area contributed by atoms with Gasteiger partial charge in [0.2, 0.25) is 0 Å². The van der Waals surface area contributed by atoms with Crippen LogP contribution in [0.25, 0.3) is 17.1 Å². The van der Waals surface area contributed by atoms with Gasteiger partial charge in [-0.3, -0.25) is 4.57 Å². The van der Waals surface area contributed by atoms with Crippen LogP contribution in [-0.2, 0) is 5.88 Å². The molecule has 0 atom stereocenters. The third-order valence-corrected chi connectivity index (χ3v) is 3.28. The Hall–Kier alpha value is -2.27. The van der Waals surface area contributed by atoms with E-state index < -0.39 is 11.6 Å². The molecule has 106 valence electrons. The van der Waals surface area contributed by atoms with E-state index >= 15 is 0 Å². The summed E-state index contributed by atoms with van der Waals surface area (Å²) in [7, 11) is 0. The molecule has 0 radical (unpaired) electrons. The second kappa shape index (κ2) is 5.61. The molecule has 0 bridgehead atoms. The van der Waals surface area contributed by atoms with Crippen LogP contribution in [0.5, 0.6) is 0 Å². The molecule has 0 aliphatic carbocycles. The molecule has 0 N–H and O–H groups in total. The number of hydrogen-bond acceptors (Lipinski definition) is 2. The summed E-state index contributed by atoms with van der Waals surface area (Å²) in [5, 5.41) is 7.96. The minimum atomic E-state index is -0.694. The fraction of sp³-hybridized carbons (Fsp3) is 0.0667. The normalized spacial score (nSPS) is 10.8. The number of hydrogen-bond donors (Lipinski definition) is 0. The van der Waals surface area contributed by atoms with E-state index in [9.17, 15) is 8.78 Å². The fourth-order valence-electron chi connectivity index (χ4n) is 2.10. The fourth-order valence-corrected chi connectivity index (χ4v) is 2.27. The van der Waals surface area contributed by atoms with Crippen molar-refractivity contribution in [2.45, 2.75) is 5.88 Å². The van der Waals surface area contributed by atoms with Gasteiger partial charge in [-0.05, 0) is 24.3 Å². The van der Waals surface area contributed by atoms with E-state index in [0.29, 0.717) is 5.82 Å². The summed E-state index contributed by atoms with van der Waals surface area (Å²) in [4.78, 5) is 0. The lowest BCUT2D eigenvalue weighted by molar-refractivity contribution is 0.584. The lowest BCUT2D eigenvalue weighted by Crippen LogP contribution is -2.02. The van der Waals surface area contributed by atoms with Crippen LogP contribution in [0.4, 0.5) is 8.78 Å². The molecule has 0 aliphatic heterocycles. The highest BCUT2D eigenvalue weighted by Crippen LogP contribution is 2.26. The van der Waals surface area contributed by atoms with Crippen molar-refractivity contribution >= 4 is 11.6 Å². The number of rotatable bonds is 3. The van der Waals surface area contributed by atoms with Crippen LogP contribution in [0, 0.1) is 11.6 Å². The van der Waals surface area contributed by atoms with Gasteiger partial charge in [0, 0.05) is 11.8 Å². The molecular weight excluding hydrogens is 296 g/mol. The van der Waals surface area contributed by atoms with Gasteiger partial charge < -0.3 is 0 Å². The van der Waals surface area contributed by atoms with Crippen molar-refractivity contribution in [2.24, 2.45) is 0 Å². The average molecular weight is 306 g/mol. The number of alkyl halides is 1. The van der Waals surface area contributed by atoms with Crippen LogP contribution >= 0.6 is 11.6 Å². The Morgan fingerprint density at radius 3 is 2.43 bits per heavy atom. The standard InChI is InChI=1S/C15H10ClF2N3/c16-9-14-19-20-15(12-7-6-10(17)8-13(12)18)21(14)11-4-2-1-3-5-11/h1-8H,9H2.